The standard InChI is InChI=1S/C16H35NO3Si/c1-7-12-16(13-14-17-15(6)8-2)21(18-9-3,19-10-4)20-11-5/h16H,7-14H2,1-6H3. The summed E-state index contributed by atoms with van der Waals surface area (Å²) in [6.07, 6.45) is 4.19. The molecule has 0 aromatic rings. The average molecular weight is 318 g/mol. The predicted molar refractivity (Wildman–Crippen MR) is 92.2 cm³/mol. The van der Waals surface area contributed by atoms with E-state index in [1.165, 1.54) is 5.71 Å². The van der Waals surface area contributed by atoms with Crippen molar-refractivity contribution in [1.29, 1.82) is 0 Å². The van der Waals surface area contributed by atoms with Gasteiger partial charge in [-0.3, -0.25) is 4.99 Å². The summed E-state index contributed by atoms with van der Waals surface area (Å²) >= 11 is 0. The van der Waals surface area contributed by atoms with Crippen molar-refractivity contribution < 1.29 is 13.3 Å². The summed E-state index contributed by atoms with van der Waals surface area (Å²) in [6, 6.07) is 0. The van der Waals surface area contributed by atoms with Crippen LogP contribution in [0.2, 0.25) is 5.54 Å². The molecule has 0 aliphatic heterocycles. The Labute approximate surface area is 132 Å². The first-order valence-electron chi connectivity index (χ1n) is 8.51. The Morgan fingerprint density at radius 3 is 1.81 bits per heavy atom. The summed E-state index contributed by atoms with van der Waals surface area (Å²) in [6.45, 7) is 15.3. The van der Waals surface area contributed by atoms with E-state index in [4.69, 9.17) is 13.3 Å². The predicted octanol–water partition coefficient (Wildman–Crippen LogP) is 4.47. The third-order valence-corrected chi connectivity index (χ3v) is 7.20. The van der Waals surface area contributed by atoms with Crippen molar-refractivity contribution >= 4 is 14.5 Å². The number of nitrogens with zero attached hydrogens (tertiary/aromatic N) is 1. The van der Waals surface area contributed by atoms with E-state index in [2.05, 4.69) is 25.8 Å². The fraction of sp³-hybridized carbons (Fsp3) is 0.938. The van der Waals surface area contributed by atoms with E-state index in [1.54, 1.807) is 0 Å². The first-order valence-corrected chi connectivity index (χ1v) is 10.3. The van der Waals surface area contributed by atoms with E-state index in [0.29, 0.717) is 25.4 Å². The normalized spacial score (nSPS) is 14.5. The molecule has 0 bridgehead atoms. The van der Waals surface area contributed by atoms with Crippen LogP contribution >= 0.6 is 0 Å². The largest absolute Gasteiger partial charge is 0.504 e. The van der Waals surface area contributed by atoms with Gasteiger partial charge in [0.15, 0.2) is 0 Å². The minimum Gasteiger partial charge on any atom is -0.374 e. The Morgan fingerprint density at radius 2 is 1.43 bits per heavy atom. The van der Waals surface area contributed by atoms with Crippen LogP contribution in [0.1, 0.15) is 67.2 Å². The maximum Gasteiger partial charge on any atom is 0.504 e. The van der Waals surface area contributed by atoms with Gasteiger partial charge in [-0.2, -0.15) is 0 Å². The monoisotopic (exact) mass is 317 g/mol. The Balaban J connectivity index is 5.00. The lowest BCUT2D eigenvalue weighted by Crippen LogP contribution is -2.50. The lowest BCUT2D eigenvalue weighted by Gasteiger charge is -2.35. The van der Waals surface area contributed by atoms with Gasteiger partial charge in [-0.1, -0.05) is 20.3 Å². The molecule has 0 N–H and O–H groups in total. The second-order valence-electron chi connectivity index (χ2n) is 5.15. The van der Waals surface area contributed by atoms with Crippen LogP contribution in [0.4, 0.5) is 0 Å². The summed E-state index contributed by atoms with van der Waals surface area (Å²) in [5, 5.41) is 0. The van der Waals surface area contributed by atoms with Crippen LogP contribution in [0.5, 0.6) is 0 Å². The minimum absolute atomic E-state index is 0.343. The van der Waals surface area contributed by atoms with Gasteiger partial charge in [-0.15, -0.1) is 0 Å². The molecule has 0 spiro atoms. The summed E-state index contributed by atoms with van der Waals surface area (Å²) in [4.78, 5) is 4.63. The first kappa shape index (κ1) is 20.8. The van der Waals surface area contributed by atoms with Crippen molar-refractivity contribution in [2.75, 3.05) is 26.4 Å². The Bertz CT molecular complexity index is 268. The molecule has 0 fully saturated rings. The Hall–Kier alpha value is -0.233. The topological polar surface area (TPSA) is 40.0 Å². The summed E-state index contributed by atoms with van der Waals surface area (Å²) in [5.41, 5.74) is 1.55. The highest BCUT2D eigenvalue weighted by molar-refractivity contribution is 6.62. The molecule has 0 aromatic carbocycles. The zero-order valence-electron chi connectivity index (χ0n) is 14.9. The molecule has 1 atom stereocenters. The molecule has 0 saturated carbocycles. The van der Waals surface area contributed by atoms with Crippen LogP contribution in [0.15, 0.2) is 4.99 Å². The van der Waals surface area contributed by atoms with Crippen molar-refractivity contribution in [1.82, 2.24) is 0 Å². The third-order valence-electron chi connectivity index (χ3n) is 3.54. The van der Waals surface area contributed by atoms with Gasteiger partial charge in [0.1, 0.15) is 0 Å². The zero-order chi connectivity index (χ0) is 16.1. The Morgan fingerprint density at radius 1 is 0.905 bits per heavy atom. The lowest BCUT2D eigenvalue weighted by molar-refractivity contribution is 0.0587. The molecule has 0 saturated heterocycles. The van der Waals surface area contributed by atoms with Crippen LogP contribution in [0.25, 0.3) is 0 Å². The van der Waals surface area contributed by atoms with Gasteiger partial charge < -0.3 is 13.3 Å². The molecular formula is C16H35NO3Si. The maximum atomic E-state index is 6.05. The average Bonchev–Trinajstić information content (AvgIpc) is 2.46. The second-order valence-corrected chi connectivity index (χ2v) is 8.04. The van der Waals surface area contributed by atoms with Crippen LogP contribution in [-0.4, -0.2) is 40.9 Å². The minimum atomic E-state index is -2.60. The second kappa shape index (κ2) is 12.3. The van der Waals surface area contributed by atoms with Gasteiger partial charge in [-0.05, 0) is 47.0 Å². The molecule has 0 radical (unpaired) electrons. The SMILES string of the molecule is CCCC(CCN=C(C)CC)[Si](OCC)(OCC)OCC. The van der Waals surface area contributed by atoms with E-state index < -0.39 is 8.80 Å². The fourth-order valence-corrected chi connectivity index (χ4v) is 5.74. The molecule has 0 aliphatic rings. The van der Waals surface area contributed by atoms with E-state index in [1.807, 2.05) is 20.8 Å². The molecule has 0 aromatic heterocycles. The highest BCUT2D eigenvalue weighted by Crippen LogP contribution is 2.33. The van der Waals surface area contributed by atoms with E-state index >= 15 is 0 Å². The third kappa shape index (κ3) is 7.54. The number of aliphatic imine (C=N–C) groups is 1. The molecule has 0 aliphatic carbocycles. The van der Waals surface area contributed by atoms with Gasteiger partial charge >= 0.3 is 8.80 Å². The van der Waals surface area contributed by atoms with Gasteiger partial charge in [0, 0.05) is 37.6 Å². The van der Waals surface area contributed by atoms with Crippen LogP contribution in [-0.2, 0) is 13.3 Å². The number of hydrogen-bond donors (Lipinski definition) is 0. The van der Waals surface area contributed by atoms with Crippen molar-refractivity contribution in [3.8, 4) is 0 Å². The molecule has 1 unspecified atom stereocenters. The summed E-state index contributed by atoms with van der Waals surface area (Å²) in [5.74, 6) is 0. The summed E-state index contributed by atoms with van der Waals surface area (Å²) in [7, 11) is -2.60. The lowest BCUT2D eigenvalue weighted by atomic mass is 10.2. The molecule has 5 heteroatoms. The number of rotatable bonds is 13. The summed E-state index contributed by atoms with van der Waals surface area (Å²) < 4.78 is 18.2. The molecule has 0 amide bonds. The highest BCUT2D eigenvalue weighted by Gasteiger charge is 2.48. The van der Waals surface area contributed by atoms with E-state index in [-0.39, 0.29) is 0 Å². The van der Waals surface area contributed by atoms with Gasteiger partial charge in [-0.25, -0.2) is 0 Å². The van der Waals surface area contributed by atoms with Crippen molar-refractivity contribution in [2.24, 2.45) is 4.99 Å². The van der Waals surface area contributed by atoms with E-state index in [0.717, 1.165) is 32.2 Å². The van der Waals surface area contributed by atoms with E-state index in [9.17, 15) is 0 Å². The maximum absolute atomic E-state index is 6.05. The van der Waals surface area contributed by atoms with Crippen molar-refractivity contribution in [3.05, 3.63) is 0 Å². The van der Waals surface area contributed by atoms with Crippen molar-refractivity contribution in [2.45, 2.75) is 72.8 Å². The van der Waals surface area contributed by atoms with Gasteiger partial charge in [0.05, 0.1) is 0 Å². The molecule has 0 heterocycles. The van der Waals surface area contributed by atoms with Crippen LogP contribution < -0.4 is 0 Å². The van der Waals surface area contributed by atoms with Crippen molar-refractivity contribution in [3.63, 3.8) is 0 Å². The number of hydrogen-bond acceptors (Lipinski definition) is 4. The molecule has 4 nitrogen and oxygen atoms in total. The molecule has 21 heavy (non-hydrogen) atoms. The smallest absolute Gasteiger partial charge is 0.374 e. The molecule has 0 rings (SSSR count). The molecule has 126 valence electrons. The van der Waals surface area contributed by atoms with Gasteiger partial charge in [0.25, 0.3) is 0 Å². The quantitative estimate of drug-likeness (QED) is 0.372. The zero-order valence-corrected chi connectivity index (χ0v) is 15.9. The Kier molecular flexibility index (Phi) is 12.2. The fourth-order valence-electron chi connectivity index (χ4n) is 2.45. The highest BCUT2D eigenvalue weighted by atomic mass is 28.4. The van der Waals surface area contributed by atoms with Crippen LogP contribution in [0.3, 0.4) is 0 Å². The molecular weight excluding hydrogens is 282 g/mol. The first-order chi connectivity index (χ1) is 10.1. The van der Waals surface area contributed by atoms with Crippen LogP contribution in [0, 0.1) is 0 Å². The van der Waals surface area contributed by atoms with Gasteiger partial charge in [0.2, 0.25) is 0 Å².